The van der Waals surface area contributed by atoms with Gasteiger partial charge in [-0.1, -0.05) is 33.6 Å². The molecule has 0 radical (unpaired) electrons. The average molecular weight is 430 g/mol. The van der Waals surface area contributed by atoms with Gasteiger partial charge in [0.15, 0.2) is 5.76 Å². The van der Waals surface area contributed by atoms with Crippen LogP contribution in [-0.2, 0) is 14.3 Å². The van der Waals surface area contributed by atoms with E-state index in [1.165, 1.54) is 7.11 Å². The molecule has 0 spiro atoms. The van der Waals surface area contributed by atoms with Crippen LogP contribution in [0.2, 0.25) is 0 Å². The molecule has 0 aliphatic heterocycles. The minimum absolute atomic E-state index is 0.126. The van der Waals surface area contributed by atoms with Crippen molar-refractivity contribution < 1.29 is 23.5 Å². The first-order valence-corrected chi connectivity index (χ1v) is 10.4. The van der Waals surface area contributed by atoms with Crippen molar-refractivity contribution in [2.24, 2.45) is 16.1 Å². The summed E-state index contributed by atoms with van der Waals surface area (Å²) in [6.45, 7) is 5.85. The Bertz CT molecular complexity index is 969. The lowest BCUT2D eigenvalue weighted by Crippen LogP contribution is -2.23. The van der Waals surface area contributed by atoms with E-state index in [0.717, 1.165) is 25.7 Å². The summed E-state index contributed by atoms with van der Waals surface area (Å²) < 4.78 is 10.2. The van der Waals surface area contributed by atoms with E-state index in [1.807, 2.05) is 0 Å². The summed E-state index contributed by atoms with van der Waals surface area (Å²) in [5.74, 6) is -0.463. The lowest BCUT2D eigenvalue weighted by Gasteiger charge is -2.12. The number of nitrogens with one attached hydrogen (secondary N) is 1. The Hall–Kier alpha value is -3.16. The zero-order valence-corrected chi connectivity index (χ0v) is 18.6. The van der Waals surface area contributed by atoms with Gasteiger partial charge in [-0.25, -0.2) is 0 Å². The summed E-state index contributed by atoms with van der Waals surface area (Å²) in [4.78, 5) is 39.4. The van der Waals surface area contributed by atoms with Gasteiger partial charge in [0, 0.05) is 29.3 Å². The molecule has 0 aliphatic rings. The Morgan fingerprint density at radius 1 is 1.10 bits per heavy atom. The fraction of sp³-hybridized carbons (Fsp3) is 0.478. The van der Waals surface area contributed by atoms with Gasteiger partial charge >= 0.3 is 5.97 Å². The maximum Gasteiger partial charge on any atom is 0.305 e. The third-order valence-electron chi connectivity index (χ3n) is 4.72. The first kappa shape index (κ1) is 24.1. The first-order valence-electron chi connectivity index (χ1n) is 10.4. The van der Waals surface area contributed by atoms with Crippen molar-refractivity contribution >= 4 is 34.6 Å². The fourth-order valence-corrected chi connectivity index (χ4v) is 2.80. The molecule has 2 rings (SSSR count). The van der Waals surface area contributed by atoms with Crippen LogP contribution in [0.3, 0.4) is 0 Å². The molecule has 0 saturated carbocycles. The predicted molar refractivity (Wildman–Crippen MR) is 119 cm³/mol. The zero-order chi connectivity index (χ0) is 23.0. The number of fused-ring (bicyclic) bond motifs is 1. The summed E-state index contributed by atoms with van der Waals surface area (Å²) >= 11 is 0. The second-order valence-electron chi connectivity index (χ2n) is 8.41. The number of amidine groups is 1. The van der Waals surface area contributed by atoms with Crippen LogP contribution in [0.15, 0.2) is 33.7 Å². The number of furan rings is 1. The number of nitrogens with zero attached hydrogens (tertiary/aromatic N) is 1. The molecule has 2 aromatic rings. The van der Waals surface area contributed by atoms with Gasteiger partial charge in [-0.2, -0.15) is 4.99 Å². The van der Waals surface area contributed by atoms with Gasteiger partial charge < -0.3 is 20.2 Å². The summed E-state index contributed by atoms with van der Waals surface area (Å²) in [7, 11) is 1.38. The second-order valence-corrected chi connectivity index (χ2v) is 8.41. The second kappa shape index (κ2) is 10.7. The van der Waals surface area contributed by atoms with Crippen LogP contribution >= 0.6 is 0 Å². The van der Waals surface area contributed by atoms with Crippen molar-refractivity contribution in [3.8, 4) is 0 Å². The number of aliphatic imine (C=N–C) groups is 1. The van der Waals surface area contributed by atoms with Crippen molar-refractivity contribution in [3.05, 3.63) is 35.6 Å². The highest BCUT2D eigenvalue weighted by atomic mass is 16.5. The summed E-state index contributed by atoms with van der Waals surface area (Å²) in [6.07, 6.45) is 3.82. The Kier molecular flexibility index (Phi) is 8.36. The third-order valence-corrected chi connectivity index (χ3v) is 4.72. The van der Waals surface area contributed by atoms with E-state index >= 15 is 0 Å². The monoisotopic (exact) mass is 429 g/mol. The van der Waals surface area contributed by atoms with Crippen molar-refractivity contribution in [2.75, 3.05) is 13.7 Å². The summed E-state index contributed by atoms with van der Waals surface area (Å²) in [5, 5.41) is 3.53. The summed E-state index contributed by atoms with van der Waals surface area (Å²) in [5.41, 5.74) is 6.51. The molecule has 0 unspecified atom stereocenters. The Balaban J connectivity index is 1.91. The minimum atomic E-state index is -0.614. The van der Waals surface area contributed by atoms with E-state index in [9.17, 15) is 14.4 Å². The van der Waals surface area contributed by atoms with E-state index in [4.69, 9.17) is 10.2 Å². The number of unbranched alkanes of at least 4 members (excludes halogenated alkanes) is 3. The number of esters is 1. The van der Waals surface area contributed by atoms with E-state index in [2.05, 4.69) is 15.0 Å². The van der Waals surface area contributed by atoms with Gasteiger partial charge in [-0.3, -0.25) is 14.4 Å². The van der Waals surface area contributed by atoms with Crippen LogP contribution in [0.1, 0.15) is 69.0 Å². The number of nitrogens with two attached hydrogens (primary N) is 1. The van der Waals surface area contributed by atoms with Crippen LogP contribution in [0.5, 0.6) is 0 Å². The molecule has 1 aromatic heterocycles. The number of ether oxygens (including phenoxy) is 1. The molecular formula is C23H31N3O5. The molecular weight excluding hydrogens is 398 g/mol. The molecule has 3 N–H and O–H groups in total. The van der Waals surface area contributed by atoms with Crippen LogP contribution in [0.25, 0.3) is 11.0 Å². The number of carbonyl (C=O) groups excluding carboxylic acids is 3. The van der Waals surface area contributed by atoms with E-state index in [1.54, 1.807) is 45.0 Å². The van der Waals surface area contributed by atoms with Crippen molar-refractivity contribution in [1.82, 2.24) is 5.32 Å². The Morgan fingerprint density at radius 2 is 1.81 bits per heavy atom. The standard InChI is InChI=1S/C23H31N3O5/c1-23(2,3)22(29)26-20(24)15-10-11-17-16(13-15)14-18(31-17)21(28)25-12-8-6-5-7-9-19(27)30-4/h10-11,13-14H,5-9,12H2,1-4H3,(H,25,28)(H2,24,26,29). The van der Waals surface area contributed by atoms with Crippen molar-refractivity contribution in [2.45, 2.75) is 52.9 Å². The Labute approximate surface area is 182 Å². The molecule has 8 nitrogen and oxygen atoms in total. The smallest absolute Gasteiger partial charge is 0.305 e. The lowest BCUT2D eigenvalue weighted by atomic mass is 9.96. The molecule has 8 heteroatoms. The molecule has 0 atom stereocenters. The van der Waals surface area contributed by atoms with E-state index in [0.29, 0.717) is 29.5 Å². The molecule has 168 valence electrons. The normalized spacial score (nSPS) is 12.1. The number of carbonyl (C=O) groups is 3. The third kappa shape index (κ3) is 7.24. The topological polar surface area (TPSA) is 124 Å². The molecule has 1 aromatic carbocycles. The van der Waals surface area contributed by atoms with Gasteiger partial charge in [0.05, 0.1) is 7.11 Å². The molecule has 0 aliphatic carbocycles. The highest BCUT2D eigenvalue weighted by molar-refractivity contribution is 6.07. The van der Waals surface area contributed by atoms with Crippen LogP contribution in [0.4, 0.5) is 0 Å². The van der Waals surface area contributed by atoms with Gasteiger partial charge in [0.25, 0.3) is 11.8 Å². The van der Waals surface area contributed by atoms with Gasteiger partial charge in [0.2, 0.25) is 0 Å². The van der Waals surface area contributed by atoms with Gasteiger partial charge in [0.1, 0.15) is 11.4 Å². The predicted octanol–water partition coefficient (Wildman–Crippen LogP) is 3.56. The molecule has 0 bridgehead atoms. The number of methoxy groups -OCH3 is 1. The maximum atomic E-state index is 12.3. The lowest BCUT2D eigenvalue weighted by molar-refractivity contribution is -0.140. The number of hydrogen-bond donors (Lipinski definition) is 2. The van der Waals surface area contributed by atoms with Crippen LogP contribution in [-0.4, -0.2) is 37.3 Å². The number of rotatable bonds is 9. The number of hydrogen-bond acceptors (Lipinski definition) is 5. The molecule has 0 fully saturated rings. The molecule has 1 heterocycles. The molecule has 31 heavy (non-hydrogen) atoms. The van der Waals surface area contributed by atoms with E-state index < -0.39 is 5.41 Å². The summed E-state index contributed by atoms with van der Waals surface area (Å²) in [6, 6.07) is 6.79. The Morgan fingerprint density at radius 3 is 2.48 bits per heavy atom. The minimum Gasteiger partial charge on any atom is -0.469 e. The SMILES string of the molecule is COC(=O)CCCCCCNC(=O)c1cc2cc(C(N)=NC(=O)C(C)(C)C)ccc2o1. The van der Waals surface area contributed by atoms with Gasteiger partial charge in [-0.15, -0.1) is 0 Å². The number of amides is 2. The fourth-order valence-electron chi connectivity index (χ4n) is 2.80. The largest absolute Gasteiger partial charge is 0.469 e. The maximum absolute atomic E-state index is 12.3. The van der Waals surface area contributed by atoms with Crippen LogP contribution < -0.4 is 11.1 Å². The van der Waals surface area contributed by atoms with Gasteiger partial charge in [-0.05, 0) is 37.1 Å². The number of benzene rings is 1. The quantitative estimate of drug-likeness (QED) is 0.272. The first-order chi connectivity index (χ1) is 14.6. The highest BCUT2D eigenvalue weighted by Crippen LogP contribution is 2.22. The zero-order valence-electron chi connectivity index (χ0n) is 18.6. The van der Waals surface area contributed by atoms with Crippen molar-refractivity contribution in [3.63, 3.8) is 0 Å². The molecule has 2 amide bonds. The van der Waals surface area contributed by atoms with E-state index in [-0.39, 0.29) is 29.4 Å². The van der Waals surface area contributed by atoms with Crippen LogP contribution in [0, 0.1) is 5.41 Å². The van der Waals surface area contributed by atoms with Crippen molar-refractivity contribution in [1.29, 1.82) is 0 Å². The highest BCUT2D eigenvalue weighted by Gasteiger charge is 2.21. The molecule has 0 saturated heterocycles. The average Bonchev–Trinajstić information content (AvgIpc) is 3.15.